The van der Waals surface area contributed by atoms with Gasteiger partial charge in [0.25, 0.3) is 5.91 Å². The number of aromatic nitrogens is 1. The van der Waals surface area contributed by atoms with Crippen molar-refractivity contribution < 1.29 is 24.0 Å². The van der Waals surface area contributed by atoms with E-state index in [1.807, 2.05) is 6.07 Å². The maximum atomic E-state index is 12.6. The van der Waals surface area contributed by atoms with Gasteiger partial charge >= 0.3 is 5.97 Å². The lowest BCUT2D eigenvalue weighted by Crippen LogP contribution is -2.15. The first-order chi connectivity index (χ1) is 12.9. The second-order valence-electron chi connectivity index (χ2n) is 5.55. The summed E-state index contributed by atoms with van der Waals surface area (Å²) in [6.07, 6.45) is 0. The van der Waals surface area contributed by atoms with Gasteiger partial charge in [-0.2, -0.15) is 5.26 Å². The number of rotatable bonds is 4. The first-order valence-electron chi connectivity index (χ1n) is 7.65. The number of nitrogens with zero attached hydrogens (tertiary/aromatic N) is 2. The molecule has 0 bridgehead atoms. The number of benzene rings is 2. The van der Waals surface area contributed by atoms with Crippen molar-refractivity contribution in [2.75, 3.05) is 10.6 Å². The standard InChI is InChI=1S/C18H12N4O5/c1-9(23)20-11-3-5-15-13(7-11)16(22-27-15)17(24)21-14-4-2-10(8-19)6-12(14)18(25)26/h2-7H,1H3,(H,20,23)(H,21,24)(H,25,26). The van der Waals surface area contributed by atoms with Crippen LogP contribution in [0.3, 0.4) is 0 Å². The van der Waals surface area contributed by atoms with E-state index in [1.165, 1.54) is 25.1 Å². The van der Waals surface area contributed by atoms with Gasteiger partial charge in [0.05, 0.1) is 28.3 Å². The molecule has 0 atom stereocenters. The number of anilines is 2. The fourth-order valence-electron chi connectivity index (χ4n) is 2.46. The van der Waals surface area contributed by atoms with Crippen LogP contribution in [0, 0.1) is 11.3 Å². The monoisotopic (exact) mass is 364 g/mol. The molecule has 0 aliphatic rings. The summed E-state index contributed by atoms with van der Waals surface area (Å²) in [6.45, 7) is 1.35. The highest BCUT2D eigenvalue weighted by molar-refractivity contribution is 6.13. The summed E-state index contributed by atoms with van der Waals surface area (Å²) < 4.78 is 5.10. The fraction of sp³-hybridized carbons (Fsp3) is 0.0556. The largest absolute Gasteiger partial charge is 0.478 e. The van der Waals surface area contributed by atoms with Gasteiger partial charge in [0.2, 0.25) is 5.91 Å². The quantitative estimate of drug-likeness (QED) is 0.645. The van der Waals surface area contributed by atoms with Crippen LogP contribution in [0.4, 0.5) is 11.4 Å². The fourth-order valence-corrected chi connectivity index (χ4v) is 2.46. The molecular formula is C18H12N4O5. The lowest BCUT2D eigenvalue weighted by molar-refractivity contribution is -0.114. The zero-order chi connectivity index (χ0) is 19.6. The molecule has 0 spiro atoms. The van der Waals surface area contributed by atoms with Gasteiger partial charge in [-0.15, -0.1) is 0 Å². The molecule has 0 saturated heterocycles. The van der Waals surface area contributed by atoms with E-state index in [9.17, 15) is 19.5 Å². The predicted molar refractivity (Wildman–Crippen MR) is 94.4 cm³/mol. The highest BCUT2D eigenvalue weighted by atomic mass is 16.5. The van der Waals surface area contributed by atoms with E-state index in [-0.39, 0.29) is 28.4 Å². The normalized spacial score (nSPS) is 10.2. The number of nitriles is 1. The maximum Gasteiger partial charge on any atom is 0.337 e. The average molecular weight is 364 g/mol. The van der Waals surface area contributed by atoms with Crippen LogP contribution in [0.2, 0.25) is 0 Å². The van der Waals surface area contributed by atoms with Gasteiger partial charge in [0.15, 0.2) is 11.3 Å². The Morgan fingerprint density at radius 1 is 1.15 bits per heavy atom. The summed E-state index contributed by atoms with van der Waals surface area (Å²) in [5.74, 6) is -2.26. The van der Waals surface area contributed by atoms with Crippen LogP contribution >= 0.6 is 0 Å². The van der Waals surface area contributed by atoms with Crippen molar-refractivity contribution in [1.82, 2.24) is 5.16 Å². The number of nitrogens with one attached hydrogen (secondary N) is 2. The first-order valence-corrected chi connectivity index (χ1v) is 7.65. The number of fused-ring (bicyclic) bond motifs is 1. The molecule has 0 saturated carbocycles. The number of aromatic carboxylic acids is 1. The van der Waals surface area contributed by atoms with E-state index in [0.717, 1.165) is 6.07 Å². The number of amides is 2. The minimum absolute atomic E-state index is 0.0145. The van der Waals surface area contributed by atoms with Crippen molar-refractivity contribution in [2.45, 2.75) is 6.92 Å². The number of hydrogen-bond acceptors (Lipinski definition) is 6. The summed E-state index contributed by atoms with van der Waals surface area (Å²) in [6, 6.07) is 10.4. The van der Waals surface area contributed by atoms with E-state index in [0.29, 0.717) is 16.7 Å². The van der Waals surface area contributed by atoms with Crippen molar-refractivity contribution in [3.8, 4) is 6.07 Å². The number of carbonyl (C=O) groups excluding carboxylic acids is 2. The van der Waals surface area contributed by atoms with Gasteiger partial charge in [0.1, 0.15) is 0 Å². The minimum Gasteiger partial charge on any atom is -0.478 e. The summed E-state index contributed by atoms with van der Waals surface area (Å²) >= 11 is 0. The van der Waals surface area contributed by atoms with Crippen molar-refractivity contribution >= 4 is 40.1 Å². The number of carbonyl (C=O) groups is 3. The summed E-state index contributed by atoms with van der Waals surface area (Å²) in [7, 11) is 0. The Morgan fingerprint density at radius 3 is 2.59 bits per heavy atom. The zero-order valence-corrected chi connectivity index (χ0v) is 13.9. The molecule has 9 nitrogen and oxygen atoms in total. The molecule has 9 heteroatoms. The van der Waals surface area contributed by atoms with Crippen LogP contribution in [-0.2, 0) is 4.79 Å². The third kappa shape index (κ3) is 3.59. The lowest BCUT2D eigenvalue weighted by Gasteiger charge is -2.07. The molecule has 1 heterocycles. The van der Waals surface area contributed by atoms with E-state index in [4.69, 9.17) is 9.78 Å². The summed E-state index contributed by atoms with van der Waals surface area (Å²) in [4.78, 5) is 35.1. The number of hydrogen-bond donors (Lipinski definition) is 3. The molecule has 134 valence electrons. The number of carboxylic acids is 1. The van der Waals surface area contributed by atoms with E-state index in [1.54, 1.807) is 12.1 Å². The second kappa shape index (κ2) is 6.97. The third-order valence-electron chi connectivity index (χ3n) is 3.63. The van der Waals surface area contributed by atoms with Crippen molar-refractivity contribution in [2.24, 2.45) is 0 Å². The molecule has 2 amide bonds. The molecule has 0 aliphatic carbocycles. The Bertz CT molecular complexity index is 1130. The van der Waals surface area contributed by atoms with Gasteiger partial charge in [-0.05, 0) is 36.4 Å². The second-order valence-corrected chi connectivity index (χ2v) is 5.55. The summed E-state index contributed by atoms with van der Waals surface area (Å²) in [5, 5.41) is 27.3. The van der Waals surface area contributed by atoms with Crippen LogP contribution in [0.25, 0.3) is 11.0 Å². The van der Waals surface area contributed by atoms with Crippen LogP contribution in [0.1, 0.15) is 33.3 Å². The smallest absolute Gasteiger partial charge is 0.337 e. The van der Waals surface area contributed by atoms with Gasteiger partial charge in [0, 0.05) is 12.6 Å². The Hall–Kier alpha value is -4.19. The Labute approximate surface area is 152 Å². The SMILES string of the molecule is CC(=O)Nc1ccc2onc(C(=O)Nc3ccc(C#N)cc3C(=O)O)c2c1. The summed E-state index contributed by atoms with van der Waals surface area (Å²) in [5.41, 5.74) is 0.648. The molecule has 3 N–H and O–H groups in total. The molecule has 3 rings (SSSR count). The molecule has 0 aliphatic heterocycles. The van der Waals surface area contributed by atoms with E-state index < -0.39 is 11.9 Å². The molecule has 0 fully saturated rings. The van der Waals surface area contributed by atoms with E-state index in [2.05, 4.69) is 15.8 Å². The van der Waals surface area contributed by atoms with Crippen LogP contribution in [-0.4, -0.2) is 28.0 Å². The van der Waals surface area contributed by atoms with Crippen LogP contribution in [0.15, 0.2) is 40.9 Å². The predicted octanol–water partition coefficient (Wildman–Crippen LogP) is 2.61. The Morgan fingerprint density at radius 2 is 1.93 bits per heavy atom. The van der Waals surface area contributed by atoms with E-state index >= 15 is 0 Å². The van der Waals surface area contributed by atoms with Gasteiger partial charge in [-0.25, -0.2) is 4.79 Å². The van der Waals surface area contributed by atoms with Crippen molar-refractivity contribution in [1.29, 1.82) is 5.26 Å². The molecule has 27 heavy (non-hydrogen) atoms. The minimum atomic E-state index is -1.29. The highest BCUT2D eigenvalue weighted by Gasteiger charge is 2.20. The molecular weight excluding hydrogens is 352 g/mol. The average Bonchev–Trinajstić information content (AvgIpc) is 3.04. The Balaban J connectivity index is 1.96. The van der Waals surface area contributed by atoms with Crippen LogP contribution in [0.5, 0.6) is 0 Å². The van der Waals surface area contributed by atoms with Crippen molar-refractivity contribution in [3.63, 3.8) is 0 Å². The molecule has 0 unspecified atom stereocenters. The lowest BCUT2D eigenvalue weighted by atomic mass is 10.1. The first kappa shape index (κ1) is 17.6. The van der Waals surface area contributed by atoms with Gasteiger partial charge in [-0.1, -0.05) is 5.16 Å². The topological polar surface area (TPSA) is 145 Å². The molecule has 0 radical (unpaired) electrons. The molecule has 1 aromatic heterocycles. The third-order valence-corrected chi connectivity index (χ3v) is 3.63. The van der Waals surface area contributed by atoms with Crippen LogP contribution < -0.4 is 10.6 Å². The molecule has 2 aromatic carbocycles. The van der Waals surface area contributed by atoms with Gasteiger partial charge in [-0.3, -0.25) is 9.59 Å². The maximum absolute atomic E-state index is 12.6. The van der Waals surface area contributed by atoms with Gasteiger partial charge < -0.3 is 20.3 Å². The number of carboxylic acid groups (broad SMARTS) is 1. The van der Waals surface area contributed by atoms with Crippen molar-refractivity contribution in [3.05, 3.63) is 53.2 Å². The highest BCUT2D eigenvalue weighted by Crippen LogP contribution is 2.24. The Kier molecular flexibility index (Phi) is 4.55. The molecule has 3 aromatic rings. The zero-order valence-electron chi connectivity index (χ0n) is 13.9.